The highest BCUT2D eigenvalue weighted by Crippen LogP contribution is 2.22. The number of amides is 2. The van der Waals surface area contributed by atoms with Crippen molar-refractivity contribution in [3.05, 3.63) is 63.1 Å². The number of halogens is 2. The Bertz CT molecular complexity index is 891. The maximum Gasteiger partial charge on any atom is 0.261 e. The molecule has 2 aromatic carbocycles. The molecule has 0 bridgehead atoms. The third-order valence-electron chi connectivity index (χ3n) is 4.90. The van der Waals surface area contributed by atoms with Crippen LogP contribution in [0.2, 0.25) is 5.02 Å². The Morgan fingerprint density at radius 2 is 1.93 bits per heavy atom. The zero-order valence-electron chi connectivity index (χ0n) is 17.7. The van der Waals surface area contributed by atoms with Gasteiger partial charge in [-0.25, -0.2) is 0 Å². The van der Waals surface area contributed by atoms with Crippen LogP contribution in [0.3, 0.4) is 0 Å². The number of ether oxygens (including phenoxy) is 1. The Morgan fingerprint density at radius 1 is 1.20 bits per heavy atom. The number of rotatable bonds is 9. The summed E-state index contributed by atoms with van der Waals surface area (Å²) in [5.41, 5.74) is 1.86. The third kappa shape index (κ3) is 7.03. The number of carbonyl (C=O) groups excluding carboxylic acids is 2. The van der Waals surface area contributed by atoms with Gasteiger partial charge in [0.05, 0.1) is 0 Å². The van der Waals surface area contributed by atoms with E-state index in [0.29, 0.717) is 10.8 Å². The zero-order valence-corrected chi connectivity index (χ0v) is 20.1. The smallest absolute Gasteiger partial charge is 0.261 e. The molecule has 0 aliphatic carbocycles. The van der Waals surface area contributed by atoms with Crippen LogP contribution in [-0.2, 0) is 16.1 Å². The molecule has 0 spiro atoms. The molecule has 2 aromatic rings. The van der Waals surface area contributed by atoms with Crippen molar-refractivity contribution in [2.45, 2.75) is 52.7 Å². The highest BCUT2D eigenvalue weighted by atomic mass is 79.9. The van der Waals surface area contributed by atoms with Crippen LogP contribution in [0.1, 0.15) is 38.3 Å². The van der Waals surface area contributed by atoms with E-state index in [1.165, 1.54) is 4.90 Å². The van der Waals surface area contributed by atoms with Crippen LogP contribution in [0.25, 0.3) is 0 Å². The van der Waals surface area contributed by atoms with Crippen molar-refractivity contribution >= 4 is 39.3 Å². The minimum atomic E-state index is -0.652. The van der Waals surface area contributed by atoms with E-state index in [2.05, 4.69) is 21.2 Å². The van der Waals surface area contributed by atoms with Crippen LogP contribution < -0.4 is 10.1 Å². The molecule has 0 aromatic heterocycles. The van der Waals surface area contributed by atoms with E-state index in [4.69, 9.17) is 16.3 Å². The first kappa shape index (κ1) is 24.2. The van der Waals surface area contributed by atoms with Gasteiger partial charge in [-0.1, -0.05) is 46.6 Å². The van der Waals surface area contributed by atoms with E-state index in [1.54, 1.807) is 25.1 Å². The standard InChI is InChI=1S/C23H28BrClN2O3/c1-5-16(3)26-23(29)17(4)27(13-18-7-6-8-19(25)12-18)22(28)14-30-20-9-10-21(24)15(2)11-20/h6-12,16-17H,5,13-14H2,1-4H3,(H,26,29). The summed E-state index contributed by atoms with van der Waals surface area (Å²) in [7, 11) is 0. The van der Waals surface area contributed by atoms with Gasteiger partial charge in [0.15, 0.2) is 6.61 Å². The number of benzene rings is 2. The molecular formula is C23H28BrClN2O3. The van der Waals surface area contributed by atoms with Crippen molar-refractivity contribution in [3.8, 4) is 5.75 Å². The van der Waals surface area contributed by atoms with E-state index in [-0.39, 0.29) is 31.0 Å². The number of aryl methyl sites for hydroxylation is 1. The van der Waals surface area contributed by atoms with Crippen molar-refractivity contribution in [1.82, 2.24) is 10.2 Å². The van der Waals surface area contributed by atoms with Crippen molar-refractivity contribution in [1.29, 1.82) is 0 Å². The molecular weight excluding hydrogens is 468 g/mol. The van der Waals surface area contributed by atoms with E-state index >= 15 is 0 Å². The summed E-state index contributed by atoms with van der Waals surface area (Å²) in [4.78, 5) is 27.3. The maximum absolute atomic E-state index is 13.0. The molecule has 1 N–H and O–H groups in total. The van der Waals surface area contributed by atoms with Gasteiger partial charge in [0.25, 0.3) is 5.91 Å². The van der Waals surface area contributed by atoms with Crippen LogP contribution in [-0.4, -0.2) is 35.4 Å². The fourth-order valence-electron chi connectivity index (χ4n) is 2.82. The van der Waals surface area contributed by atoms with Gasteiger partial charge >= 0.3 is 0 Å². The van der Waals surface area contributed by atoms with Crippen molar-refractivity contribution in [3.63, 3.8) is 0 Å². The molecule has 0 heterocycles. The van der Waals surface area contributed by atoms with Crippen LogP contribution in [0, 0.1) is 6.92 Å². The van der Waals surface area contributed by atoms with E-state index < -0.39 is 6.04 Å². The molecule has 2 rings (SSSR count). The summed E-state index contributed by atoms with van der Waals surface area (Å²) >= 11 is 9.55. The van der Waals surface area contributed by atoms with Gasteiger partial charge in [0.1, 0.15) is 11.8 Å². The van der Waals surface area contributed by atoms with Gasteiger partial charge in [-0.15, -0.1) is 0 Å². The second-order valence-electron chi connectivity index (χ2n) is 7.35. The topological polar surface area (TPSA) is 58.6 Å². The largest absolute Gasteiger partial charge is 0.484 e. The lowest BCUT2D eigenvalue weighted by Crippen LogP contribution is -2.50. The number of hydrogen-bond acceptors (Lipinski definition) is 3. The second-order valence-corrected chi connectivity index (χ2v) is 8.64. The van der Waals surface area contributed by atoms with Crippen molar-refractivity contribution in [2.75, 3.05) is 6.61 Å². The molecule has 0 radical (unpaired) electrons. The van der Waals surface area contributed by atoms with Crippen molar-refractivity contribution in [2.24, 2.45) is 0 Å². The average molecular weight is 496 g/mol. The van der Waals surface area contributed by atoms with Crippen LogP contribution in [0.4, 0.5) is 0 Å². The first-order valence-electron chi connectivity index (χ1n) is 9.94. The molecule has 162 valence electrons. The molecule has 0 saturated carbocycles. The number of nitrogens with one attached hydrogen (secondary N) is 1. The zero-order chi connectivity index (χ0) is 22.3. The molecule has 0 aliphatic heterocycles. The van der Waals surface area contributed by atoms with Crippen molar-refractivity contribution < 1.29 is 14.3 Å². The molecule has 30 heavy (non-hydrogen) atoms. The summed E-state index contributed by atoms with van der Waals surface area (Å²) in [6.07, 6.45) is 0.812. The Hall–Kier alpha value is -2.05. The van der Waals surface area contributed by atoms with Gasteiger partial charge in [-0.05, 0) is 68.7 Å². The van der Waals surface area contributed by atoms with Gasteiger partial charge in [-0.2, -0.15) is 0 Å². The minimum absolute atomic E-state index is 0.0325. The summed E-state index contributed by atoms with van der Waals surface area (Å²) in [6.45, 7) is 7.71. The summed E-state index contributed by atoms with van der Waals surface area (Å²) in [5, 5.41) is 3.53. The molecule has 0 fully saturated rings. The second kappa shape index (κ2) is 11.4. The first-order chi connectivity index (χ1) is 14.2. The Balaban J connectivity index is 2.16. The van der Waals surface area contributed by atoms with Crippen LogP contribution in [0.5, 0.6) is 5.75 Å². The Kier molecular flexibility index (Phi) is 9.18. The summed E-state index contributed by atoms with van der Waals surface area (Å²) < 4.78 is 6.68. The average Bonchev–Trinajstić information content (AvgIpc) is 2.72. The van der Waals surface area contributed by atoms with E-state index in [9.17, 15) is 9.59 Å². The predicted molar refractivity (Wildman–Crippen MR) is 124 cm³/mol. The van der Waals surface area contributed by atoms with Gasteiger partial charge in [-0.3, -0.25) is 9.59 Å². The summed E-state index contributed by atoms with van der Waals surface area (Å²) in [6, 6.07) is 12.2. The highest BCUT2D eigenvalue weighted by Gasteiger charge is 2.27. The van der Waals surface area contributed by atoms with Gasteiger partial charge in [0.2, 0.25) is 5.91 Å². The van der Waals surface area contributed by atoms with Crippen LogP contribution >= 0.6 is 27.5 Å². The number of hydrogen-bond donors (Lipinski definition) is 1. The van der Waals surface area contributed by atoms with Gasteiger partial charge in [0, 0.05) is 22.1 Å². The molecule has 0 aliphatic rings. The quantitative estimate of drug-likeness (QED) is 0.525. The lowest BCUT2D eigenvalue weighted by Gasteiger charge is -2.29. The SMILES string of the molecule is CCC(C)NC(=O)C(C)N(Cc1cccc(Cl)c1)C(=O)COc1ccc(Br)c(C)c1. The maximum atomic E-state index is 13.0. The Labute approximate surface area is 191 Å². The highest BCUT2D eigenvalue weighted by molar-refractivity contribution is 9.10. The summed E-state index contributed by atoms with van der Waals surface area (Å²) in [5.74, 6) is 0.130. The normalized spacial score (nSPS) is 12.7. The van der Waals surface area contributed by atoms with Gasteiger partial charge < -0.3 is 15.0 Å². The molecule has 5 nitrogen and oxygen atoms in total. The van der Waals surface area contributed by atoms with E-state index in [1.807, 2.05) is 45.0 Å². The predicted octanol–water partition coefficient (Wildman–Crippen LogP) is 5.12. The number of nitrogens with zero attached hydrogens (tertiary/aromatic N) is 1. The molecule has 2 unspecified atom stereocenters. The van der Waals surface area contributed by atoms with E-state index in [0.717, 1.165) is 22.0 Å². The first-order valence-corrected chi connectivity index (χ1v) is 11.1. The number of carbonyl (C=O) groups is 2. The molecule has 2 amide bonds. The van der Waals surface area contributed by atoms with Crippen LogP contribution in [0.15, 0.2) is 46.9 Å². The fourth-order valence-corrected chi connectivity index (χ4v) is 3.27. The molecule has 2 atom stereocenters. The lowest BCUT2D eigenvalue weighted by atomic mass is 10.1. The Morgan fingerprint density at radius 3 is 2.57 bits per heavy atom. The fraction of sp³-hybridized carbons (Fsp3) is 0.391. The molecule has 0 saturated heterocycles. The lowest BCUT2D eigenvalue weighted by molar-refractivity contribution is -0.142. The molecule has 7 heteroatoms. The minimum Gasteiger partial charge on any atom is -0.484 e. The monoisotopic (exact) mass is 494 g/mol. The third-order valence-corrected chi connectivity index (χ3v) is 6.03.